The highest BCUT2D eigenvalue weighted by atomic mass is 16.2. The van der Waals surface area contributed by atoms with E-state index in [-0.39, 0.29) is 34.8 Å². The molecule has 5 rings (SSSR count). The first-order valence-electron chi connectivity index (χ1n) is 11.3. The molecule has 2 aromatic heterocycles. The van der Waals surface area contributed by atoms with E-state index in [2.05, 4.69) is 5.10 Å². The fourth-order valence-electron chi connectivity index (χ4n) is 4.51. The third kappa shape index (κ3) is 3.63. The van der Waals surface area contributed by atoms with Crippen LogP contribution in [0.15, 0.2) is 46.0 Å². The van der Waals surface area contributed by atoms with Gasteiger partial charge in [-0.3, -0.25) is 19.0 Å². The van der Waals surface area contributed by atoms with Crippen LogP contribution in [0.4, 0.5) is 0 Å². The number of likely N-dealkylation sites (tertiary alicyclic amines) is 1. The Labute approximate surface area is 185 Å². The molecule has 8 heteroatoms. The number of amides is 1. The Hall–Kier alpha value is -3.29. The van der Waals surface area contributed by atoms with Crippen molar-refractivity contribution in [2.75, 3.05) is 6.54 Å². The third-order valence-corrected chi connectivity index (χ3v) is 6.37. The van der Waals surface area contributed by atoms with Crippen LogP contribution in [-0.2, 0) is 6.54 Å². The molecule has 3 heterocycles. The van der Waals surface area contributed by atoms with Crippen molar-refractivity contribution < 1.29 is 4.79 Å². The van der Waals surface area contributed by atoms with Crippen molar-refractivity contribution in [3.63, 3.8) is 0 Å². The number of para-hydroxylation sites is 1. The Balaban J connectivity index is 1.57. The van der Waals surface area contributed by atoms with Gasteiger partial charge in [-0.2, -0.15) is 5.10 Å². The molecule has 32 heavy (non-hydrogen) atoms. The van der Waals surface area contributed by atoms with Crippen molar-refractivity contribution in [3.05, 3.63) is 68.6 Å². The highest BCUT2D eigenvalue weighted by molar-refractivity contribution is 5.92. The molecule has 2 aliphatic rings. The van der Waals surface area contributed by atoms with Gasteiger partial charge in [-0.25, -0.2) is 9.67 Å². The first kappa shape index (κ1) is 20.6. The summed E-state index contributed by atoms with van der Waals surface area (Å²) in [6.45, 7) is 4.92. The number of rotatable bonds is 5. The lowest BCUT2D eigenvalue weighted by Crippen LogP contribution is -2.37. The minimum atomic E-state index is -0.292. The average Bonchev–Trinajstić information content (AvgIpc) is 3.48. The number of fused-ring (bicyclic) bond motifs is 1. The number of hydrogen-bond acceptors (Lipinski definition) is 5. The van der Waals surface area contributed by atoms with Crippen LogP contribution in [0, 0.1) is 5.92 Å². The predicted molar refractivity (Wildman–Crippen MR) is 121 cm³/mol. The van der Waals surface area contributed by atoms with Gasteiger partial charge in [0.05, 0.1) is 23.0 Å². The van der Waals surface area contributed by atoms with E-state index >= 15 is 0 Å². The SMILES string of the molecule is CC(C)n1nc(C(=O)N2CCCC2c2nc3ccccc3c(=O)n2CC2CC2)ccc1=O. The minimum Gasteiger partial charge on any atom is -0.327 e. The summed E-state index contributed by atoms with van der Waals surface area (Å²) in [5, 5.41) is 4.93. The predicted octanol–water partition coefficient (Wildman–Crippen LogP) is 2.92. The molecular formula is C24H27N5O3. The monoisotopic (exact) mass is 433 g/mol. The van der Waals surface area contributed by atoms with E-state index in [1.807, 2.05) is 38.1 Å². The van der Waals surface area contributed by atoms with Crippen molar-refractivity contribution >= 4 is 16.8 Å². The van der Waals surface area contributed by atoms with E-state index in [1.54, 1.807) is 9.47 Å². The first-order valence-corrected chi connectivity index (χ1v) is 11.3. The Morgan fingerprint density at radius 3 is 2.62 bits per heavy atom. The van der Waals surface area contributed by atoms with Crippen molar-refractivity contribution in [1.29, 1.82) is 0 Å². The van der Waals surface area contributed by atoms with E-state index in [0.717, 1.165) is 25.7 Å². The minimum absolute atomic E-state index is 0.0386. The Kier molecular flexibility index (Phi) is 5.15. The number of carbonyl (C=O) groups excluding carboxylic acids is 1. The van der Waals surface area contributed by atoms with E-state index in [9.17, 15) is 14.4 Å². The molecule has 1 amide bonds. The van der Waals surface area contributed by atoms with Gasteiger partial charge < -0.3 is 4.90 Å². The molecule has 3 aromatic rings. The smallest absolute Gasteiger partial charge is 0.274 e. The molecule has 1 unspecified atom stereocenters. The fourth-order valence-corrected chi connectivity index (χ4v) is 4.51. The van der Waals surface area contributed by atoms with Crippen LogP contribution < -0.4 is 11.1 Å². The van der Waals surface area contributed by atoms with Gasteiger partial charge in [0.2, 0.25) is 0 Å². The molecule has 8 nitrogen and oxygen atoms in total. The summed E-state index contributed by atoms with van der Waals surface area (Å²) in [5.41, 5.74) is 0.625. The molecule has 1 atom stereocenters. The standard InChI is InChI=1S/C24H27N5O3/c1-15(2)29-21(30)12-11-19(26-29)24(32)27-13-5-8-20(27)22-25-18-7-4-3-6-17(18)23(31)28(22)14-16-9-10-16/h3-4,6-7,11-12,15-16,20H,5,8-10,13-14H2,1-2H3. The maximum atomic E-state index is 13.4. The van der Waals surface area contributed by atoms with Crippen LogP contribution in [0.5, 0.6) is 0 Å². The van der Waals surface area contributed by atoms with E-state index < -0.39 is 0 Å². The van der Waals surface area contributed by atoms with Crippen LogP contribution in [0.2, 0.25) is 0 Å². The van der Waals surface area contributed by atoms with Crippen molar-refractivity contribution in [3.8, 4) is 0 Å². The van der Waals surface area contributed by atoms with Gasteiger partial charge in [0.15, 0.2) is 0 Å². The molecule has 1 saturated carbocycles. The second kappa shape index (κ2) is 8.00. The second-order valence-corrected chi connectivity index (χ2v) is 9.10. The summed E-state index contributed by atoms with van der Waals surface area (Å²) < 4.78 is 3.12. The Morgan fingerprint density at radius 2 is 1.88 bits per heavy atom. The lowest BCUT2D eigenvalue weighted by atomic mass is 10.1. The molecule has 1 aliphatic heterocycles. The van der Waals surface area contributed by atoms with Crippen molar-refractivity contribution in [2.24, 2.45) is 5.92 Å². The van der Waals surface area contributed by atoms with Gasteiger partial charge in [-0.05, 0) is 63.6 Å². The average molecular weight is 434 g/mol. The molecule has 2 fully saturated rings. The fraction of sp³-hybridized carbons (Fsp3) is 0.458. The van der Waals surface area contributed by atoms with E-state index in [1.165, 1.54) is 16.8 Å². The molecule has 0 bridgehead atoms. The number of carbonyl (C=O) groups is 1. The quantitative estimate of drug-likeness (QED) is 0.617. The molecule has 1 aromatic carbocycles. The molecule has 0 N–H and O–H groups in total. The van der Waals surface area contributed by atoms with Gasteiger partial charge >= 0.3 is 0 Å². The lowest BCUT2D eigenvalue weighted by Gasteiger charge is -2.26. The molecular weight excluding hydrogens is 406 g/mol. The van der Waals surface area contributed by atoms with Crippen LogP contribution in [0.3, 0.4) is 0 Å². The number of benzene rings is 1. The van der Waals surface area contributed by atoms with E-state index in [0.29, 0.717) is 35.7 Å². The van der Waals surface area contributed by atoms with Gasteiger partial charge in [-0.1, -0.05) is 12.1 Å². The molecule has 166 valence electrons. The van der Waals surface area contributed by atoms with E-state index in [4.69, 9.17) is 4.98 Å². The largest absolute Gasteiger partial charge is 0.327 e. The van der Waals surface area contributed by atoms with Crippen molar-refractivity contribution in [2.45, 2.75) is 58.2 Å². The normalized spacial score (nSPS) is 18.6. The molecule has 0 spiro atoms. The summed E-state index contributed by atoms with van der Waals surface area (Å²) in [6.07, 6.45) is 3.80. The molecule has 0 radical (unpaired) electrons. The highest BCUT2D eigenvalue weighted by Crippen LogP contribution is 2.35. The summed E-state index contributed by atoms with van der Waals surface area (Å²) >= 11 is 0. The highest BCUT2D eigenvalue weighted by Gasteiger charge is 2.36. The zero-order chi connectivity index (χ0) is 22.4. The zero-order valence-corrected chi connectivity index (χ0v) is 18.4. The number of nitrogens with zero attached hydrogens (tertiary/aromatic N) is 5. The summed E-state index contributed by atoms with van der Waals surface area (Å²) in [6, 6.07) is 9.84. The van der Waals surface area contributed by atoms with Crippen LogP contribution in [0.25, 0.3) is 10.9 Å². The molecule has 1 saturated heterocycles. The second-order valence-electron chi connectivity index (χ2n) is 9.10. The Bertz CT molecular complexity index is 1300. The maximum absolute atomic E-state index is 13.4. The topological polar surface area (TPSA) is 90.1 Å². The molecule has 1 aliphatic carbocycles. The van der Waals surface area contributed by atoms with Crippen molar-refractivity contribution in [1.82, 2.24) is 24.2 Å². The summed E-state index contributed by atoms with van der Waals surface area (Å²) in [5.74, 6) is 0.919. The van der Waals surface area contributed by atoms with Crippen LogP contribution in [-0.4, -0.2) is 36.7 Å². The van der Waals surface area contributed by atoms with Gasteiger partial charge in [0, 0.05) is 19.2 Å². The summed E-state index contributed by atoms with van der Waals surface area (Å²) in [7, 11) is 0. The first-order chi connectivity index (χ1) is 15.4. The number of hydrogen-bond donors (Lipinski definition) is 0. The maximum Gasteiger partial charge on any atom is 0.274 e. The van der Waals surface area contributed by atoms with Crippen LogP contribution >= 0.6 is 0 Å². The summed E-state index contributed by atoms with van der Waals surface area (Å²) in [4.78, 5) is 45.5. The van der Waals surface area contributed by atoms with Gasteiger partial charge in [0.25, 0.3) is 17.0 Å². The van der Waals surface area contributed by atoms with Gasteiger partial charge in [-0.15, -0.1) is 0 Å². The number of aromatic nitrogens is 4. The lowest BCUT2D eigenvalue weighted by molar-refractivity contribution is 0.0717. The zero-order valence-electron chi connectivity index (χ0n) is 18.4. The van der Waals surface area contributed by atoms with Crippen LogP contribution in [0.1, 0.15) is 67.9 Å². The van der Waals surface area contributed by atoms with Gasteiger partial charge in [0.1, 0.15) is 11.5 Å². The Morgan fingerprint density at radius 1 is 1.09 bits per heavy atom. The third-order valence-electron chi connectivity index (χ3n) is 6.37.